The third-order valence-electron chi connectivity index (χ3n) is 4.18. The highest BCUT2D eigenvalue weighted by Crippen LogP contribution is 2.16. The number of benzene rings is 2. The quantitative estimate of drug-likeness (QED) is 0.335. The Hall–Kier alpha value is -3.49. The van der Waals surface area contributed by atoms with E-state index in [1.54, 1.807) is 48.5 Å². The zero-order valence-electron chi connectivity index (χ0n) is 17.0. The monoisotopic (exact) mass is 428 g/mol. The first kappa shape index (κ1) is 23.8. The number of rotatable bonds is 10. The maximum atomic E-state index is 12.1. The second kappa shape index (κ2) is 11.6. The highest BCUT2D eigenvalue weighted by Gasteiger charge is 2.37. The summed E-state index contributed by atoms with van der Waals surface area (Å²) in [6.45, 7) is -0.275. The lowest BCUT2D eigenvalue weighted by atomic mass is 9.98. The number of ether oxygens (including phenoxy) is 3. The highest BCUT2D eigenvalue weighted by atomic mass is 16.6. The molecular weight excluding hydrogens is 404 g/mol. The molecule has 31 heavy (non-hydrogen) atoms. The van der Waals surface area contributed by atoms with E-state index < -0.39 is 42.8 Å². The highest BCUT2D eigenvalue weighted by molar-refractivity contribution is 5.89. The van der Waals surface area contributed by atoms with Crippen molar-refractivity contribution in [2.24, 2.45) is 0 Å². The Labute approximate surface area is 179 Å². The summed E-state index contributed by atoms with van der Waals surface area (Å²) in [5.41, 5.74) is -1.47. The van der Waals surface area contributed by atoms with E-state index in [4.69, 9.17) is 14.2 Å². The van der Waals surface area contributed by atoms with Crippen molar-refractivity contribution in [1.82, 2.24) is 0 Å². The minimum atomic E-state index is -2.10. The Balaban J connectivity index is 1.96. The molecule has 2 N–H and O–H groups in total. The third kappa shape index (κ3) is 7.69. The summed E-state index contributed by atoms with van der Waals surface area (Å²) in [4.78, 5) is 35.2. The lowest BCUT2D eigenvalue weighted by Crippen LogP contribution is -2.50. The summed E-state index contributed by atoms with van der Waals surface area (Å²) in [6.07, 6.45) is 0.910. The van der Waals surface area contributed by atoms with Crippen LogP contribution in [-0.4, -0.2) is 59.6 Å². The average molecular weight is 428 g/mol. The van der Waals surface area contributed by atoms with Crippen molar-refractivity contribution in [1.29, 1.82) is 0 Å². The molecule has 8 nitrogen and oxygen atoms in total. The molecule has 0 radical (unpaired) electrons. The summed E-state index contributed by atoms with van der Waals surface area (Å²) in [5.74, 6) is -1.94. The molecule has 0 saturated carbocycles. The smallest absolute Gasteiger partial charge is 0.338 e. The van der Waals surface area contributed by atoms with Gasteiger partial charge in [0.15, 0.2) is 5.60 Å². The molecule has 2 aromatic carbocycles. The van der Waals surface area contributed by atoms with Gasteiger partial charge in [0, 0.05) is 6.92 Å². The van der Waals surface area contributed by atoms with Crippen molar-refractivity contribution in [2.75, 3.05) is 19.8 Å². The minimum absolute atomic E-state index is 0.168. The van der Waals surface area contributed by atoms with Gasteiger partial charge in [0.2, 0.25) is 0 Å². The van der Waals surface area contributed by atoms with E-state index in [1.165, 1.54) is 18.2 Å². The molecule has 0 aliphatic heterocycles. The first-order chi connectivity index (χ1) is 14.8. The van der Waals surface area contributed by atoms with Crippen LogP contribution in [0.2, 0.25) is 0 Å². The average Bonchev–Trinajstić information content (AvgIpc) is 2.79. The number of carbonyl (C=O) groups is 3. The molecule has 0 amide bonds. The van der Waals surface area contributed by atoms with E-state index in [-0.39, 0.29) is 12.2 Å². The second-order valence-electron chi connectivity index (χ2n) is 6.66. The fourth-order valence-corrected chi connectivity index (χ4v) is 2.43. The Morgan fingerprint density at radius 1 is 0.871 bits per heavy atom. The van der Waals surface area contributed by atoms with E-state index >= 15 is 0 Å². The molecule has 2 atom stereocenters. The lowest BCUT2D eigenvalue weighted by molar-refractivity contribution is -0.161. The van der Waals surface area contributed by atoms with E-state index in [2.05, 4.69) is 0 Å². The molecule has 0 unspecified atom stereocenters. The maximum absolute atomic E-state index is 12.1. The van der Waals surface area contributed by atoms with Crippen molar-refractivity contribution < 1.29 is 38.8 Å². The molecule has 0 bridgehead atoms. The van der Waals surface area contributed by atoms with Gasteiger partial charge < -0.3 is 24.4 Å². The Kier molecular flexibility index (Phi) is 8.93. The van der Waals surface area contributed by atoms with Gasteiger partial charge >= 0.3 is 17.9 Å². The molecule has 2 aromatic rings. The van der Waals surface area contributed by atoms with Gasteiger partial charge in [-0.05, 0) is 30.3 Å². The number of hydrogen-bond acceptors (Lipinski definition) is 8. The predicted molar refractivity (Wildman–Crippen MR) is 110 cm³/mol. The van der Waals surface area contributed by atoms with Crippen molar-refractivity contribution in [3.63, 3.8) is 0 Å². The molecule has 0 saturated heterocycles. The number of aliphatic hydroxyl groups is 2. The fraction of sp³-hybridized carbons (Fsp3) is 0.261. The van der Waals surface area contributed by atoms with E-state index in [1.807, 2.05) is 0 Å². The molecule has 0 aromatic heterocycles. The van der Waals surface area contributed by atoms with Crippen LogP contribution in [0, 0.1) is 0 Å². The predicted octanol–water partition coefficient (Wildman–Crippen LogP) is 1.91. The normalized spacial score (nSPS) is 13.8. The number of esters is 3. The van der Waals surface area contributed by atoms with Gasteiger partial charge in [-0.3, -0.25) is 4.79 Å². The molecular formula is C23H24O8. The van der Waals surface area contributed by atoms with Crippen LogP contribution in [0.15, 0.2) is 72.8 Å². The summed E-state index contributed by atoms with van der Waals surface area (Å²) < 4.78 is 15.0. The number of hydrogen-bond donors (Lipinski definition) is 2. The molecule has 0 heterocycles. The van der Waals surface area contributed by atoms with Crippen molar-refractivity contribution in [3.8, 4) is 0 Å². The lowest BCUT2D eigenvalue weighted by Gasteiger charge is -2.30. The van der Waals surface area contributed by atoms with Crippen LogP contribution < -0.4 is 0 Å². The summed E-state index contributed by atoms with van der Waals surface area (Å²) >= 11 is 0. The van der Waals surface area contributed by atoms with E-state index in [0.29, 0.717) is 5.56 Å². The van der Waals surface area contributed by atoms with Gasteiger partial charge in [0.05, 0.1) is 11.1 Å². The zero-order valence-corrected chi connectivity index (χ0v) is 17.0. The Morgan fingerprint density at radius 3 is 1.87 bits per heavy atom. The minimum Gasteiger partial charge on any atom is -0.463 e. The van der Waals surface area contributed by atoms with Crippen LogP contribution in [0.3, 0.4) is 0 Å². The van der Waals surface area contributed by atoms with Gasteiger partial charge in [-0.1, -0.05) is 42.5 Å². The summed E-state index contributed by atoms with van der Waals surface area (Å²) in [7, 11) is 0. The van der Waals surface area contributed by atoms with Gasteiger partial charge in [0.1, 0.15) is 25.9 Å². The van der Waals surface area contributed by atoms with Crippen LogP contribution in [0.1, 0.15) is 27.6 Å². The molecule has 164 valence electrons. The van der Waals surface area contributed by atoms with Gasteiger partial charge in [-0.25, -0.2) is 9.59 Å². The van der Waals surface area contributed by atoms with E-state index in [9.17, 15) is 24.6 Å². The summed E-state index contributed by atoms with van der Waals surface area (Å²) in [5, 5.41) is 21.1. The van der Waals surface area contributed by atoms with Crippen molar-refractivity contribution >= 4 is 17.9 Å². The van der Waals surface area contributed by atoms with Crippen LogP contribution in [-0.2, 0) is 19.0 Å². The molecule has 8 heteroatoms. The number of carbonyl (C=O) groups excluding carboxylic acids is 3. The van der Waals surface area contributed by atoms with Crippen molar-refractivity contribution in [2.45, 2.75) is 18.6 Å². The zero-order chi connectivity index (χ0) is 22.7. The van der Waals surface area contributed by atoms with Gasteiger partial charge in [-0.15, -0.1) is 0 Å². The first-order valence-electron chi connectivity index (χ1n) is 9.46. The fourth-order valence-electron chi connectivity index (χ4n) is 2.43. The Morgan fingerprint density at radius 2 is 1.35 bits per heavy atom. The van der Waals surface area contributed by atoms with Crippen LogP contribution in [0.25, 0.3) is 0 Å². The molecule has 0 aliphatic carbocycles. The second-order valence-corrected chi connectivity index (χ2v) is 6.66. The molecule has 0 aliphatic rings. The molecule has 0 spiro atoms. The van der Waals surface area contributed by atoms with E-state index in [0.717, 1.165) is 13.0 Å². The SMILES string of the molecule is CC(=O)OC[C@@](O)(COC(=O)c1ccccc1)[C@@H](O)/C=C\COC(=O)c1ccccc1. The standard InChI is InChI=1S/C23H24O8/c1-17(24)30-15-23(28,16-31-22(27)19-11-6-3-7-12-19)20(25)13-8-14-29-21(26)18-9-4-2-5-10-18/h2-13,20,25,28H,14-16H2,1H3/b13-8-/t20-,23+/m0/s1. The van der Waals surface area contributed by atoms with Crippen LogP contribution in [0.5, 0.6) is 0 Å². The topological polar surface area (TPSA) is 119 Å². The summed E-state index contributed by atoms with van der Waals surface area (Å²) in [6, 6.07) is 16.4. The third-order valence-corrected chi connectivity index (χ3v) is 4.18. The Bertz CT molecular complexity index is 894. The molecule has 0 fully saturated rings. The van der Waals surface area contributed by atoms with Gasteiger partial charge in [-0.2, -0.15) is 0 Å². The van der Waals surface area contributed by atoms with Crippen LogP contribution in [0.4, 0.5) is 0 Å². The van der Waals surface area contributed by atoms with Crippen LogP contribution >= 0.6 is 0 Å². The van der Waals surface area contributed by atoms with Gasteiger partial charge in [0.25, 0.3) is 0 Å². The van der Waals surface area contributed by atoms with Crippen molar-refractivity contribution in [3.05, 3.63) is 83.9 Å². The molecule has 2 rings (SSSR count). The maximum Gasteiger partial charge on any atom is 0.338 e. The number of aliphatic hydroxyl groups excluding tert-OH is 1. The first-order valence-corrected chi connectivity index (χ1v) is 9.46. The largest absolute Gasteiger partial charge is 0.463 e.